The van der Waals surface area contributed by atoms with Crippen LogP contribution in [0.4, 0.5) is 5.69 Å². The molecule has 2 aromatic carbocycles. The highest BCUT2D eigenvalue weighted by molar-refractivity contribution is 8.14. The van der Waals surface area contributed by atoms with Crippen LogP contribution in [-0.2, 0) is 9.59 Å². The zero-order chi connectivity index (χ0) is 23.7. The van der Waals surface area contributed by atoms with Gasteiger partial charge in [-0.05, 0) is 69.0 Å². The van der Waals surface area contributed by atoms with E-state index < -0.39 is 0 Å². The van der Waals surface area contributed by atoms with Crippen molar-refractivity contribution in [2.75, 3.05) is 24.0 Å². The van der Waals surface area contributed by atoms with Crippen molar-refractivity contribution in [2.45, 2.75) is 39.2 Å². The minimum absolute atomic E-state index is 0.0874. The van der Waals surface area contributed by atoms with E-state index in [-0.39, 0.29) is 30.4 Å². The highest BCUT2D eigenvalue weighted by Gasteiger charge is 2.33. The van der Waals surface area contributed by atoms with Crippen LogP contribution in [0.25, 0.3) is 6.08 Å². The minimum atomic E-state index is -0.220. The third-order valence-corrected chi connectivity index (χ3v) is 7.19. The number of thioether (sulfide) groups is 1. The van der Waals surface area contributed by atoms with Gasteiger partial charge in [0.1, 0.15) is 5.70 Å². The summed E-state index contributed by atoms with van der Waals surface area (Å²) in [4.78, 5) is 34.5. The Labute approximate surface area is 203 Å². The summed E-state index contributed by atoms with van der Waals surface area (Å²) < 4.78 is 10.8. The Bertz CT molecular complexity index is 1180. The second kappa shape index (κ2) is 9.54. The van der Waals surface area contributed by atoms with Gasteiger partial charge in [-0.2, -0.15) is 0 Å². The number of hydrogen-bond donors (Lipinski definition) is 0. The first-order chi connectivity index (χ1) is 16.5. The van der Waals surface area contributed by atoms with Crippen LogP contribution in [0.1, 0.15) is 37.3 Å². The fourth-order valence-corrected chi connectivity index (χ4v) is 5.25. The maximum absolute atomic E-state index is 13.4. The molecule has 0 aliphatic carbocycles. The van der Waals surface area contributed by atoms with E-state index in [0.29, 0.717) is 22.4 Å². The molecule has 1 atom stereocenters. The maximum Gasteiger partial charge on any atom is 0.283 e. The SMILES string of the molecule is Cc1ccc(N2C(=O)/C(=C\c3ccc4c(c3)OCO4)N=C2SCC(=O)N2CCCC[C@H]2C)cc1. The number of amidine groups is 1. The van der Waals surface area contributed by atoms with Gasteiger partial charge in [0.05, 0.1) is 11.4 Å². The van der Waals surface area contributed by atoms with Crippen LogP contribution in [0.2, 0.25) is 0 Å². The Hall–Kier alpha value is -3.26. The molecule has 0 unspecified atom stereocenters. The van der Waals surface area contributed by atoms with Gasteiger partial charge in [0, 0.05) is 12.6 Å². The second-order valence-corrected chi connectivity index (χ2v) is 9.68. The number of amides is 2. The largest absolute Gasteiger partial charge is 0.454 e. The summed E-state index contributed by atoms with van der Waals surface area (Å²) in [6.07, 6.45) is 4.98. The lowest BCUT2D eigenvalue weighted by Crippen LogP contribution is -2.43. The lowest BCUT2D eigenvalue weighted by Gasteiger charge is -2.33. The fraction of sp³-hybridized carbons (Fsp3) is 0.346. The highest BCUT2D eigenvalue weighted by Crippen LogP contribution is 2.35. The number of likely N-dealkylation sites (tertiary alicyclic amines) is 1. The van der Waals surface area contributed by atoms with Gasteiger partial charge < -0.3 is 14.4 Å². The minimum Gasteiger partial charge on any atom is -0.454 e. The van der Waals surface area contributed by atoms with Crippen molar-refractivity contribution in [3.63, 3.8) is 0 Å². The van der Waals surface area contributed by atoms with E-state index in [0.717, 1.165) is 42.6 Å². The van der Waals surface area contributed by atoms with E-state index in [1.54, 1.807) is 11.0 Å². The smallest absolute Gasteiger partial charge is 0.283 e. The molecule has 1 fully saturated rings. The molecule has 3 aliphatic rings. The second-order valence-electron chi connectivity index (χ2n) is 8.73. The van der Waals surface area contributed by atoms with Crippen molar-refractivity contribution >= 4 is 40.5 Å². The maximum atomic E-state index is 13.4. The van der Waals surface area contributed by atoms with Gasteiger partial charge in [-0.1, -0.05) is 35.5 Å². The Morgan fingerprint density at radius 3 is 2.74 bits per heavy atom. The summed E-state index contributed by atoms with van der Waals surface area (Å²) in [6.45, 7) is 5.09. The van der Waals surface area contributed by atoms with E-state index in [4.69, 9.17) is 9.47 Å². The van der Waals surface area contributed by atoms with E-state index in [9.17, 15) is 9.59 Å². The molecule has 2 amide bonds. The molecule has 34 heavy (non-hydrogen) atoms. The number of benzene rings is 2. The molecular weight excluding hydrogens is 450 g/mol. The molecular formula is C26H27N3O4S. The average Bonchev–Trinajstić information content (AvgIpc) is 3.42. The standard InChI is InChI=1S/C26H27N3O4S/c1-17-6-9-20(10-7-17)29-25(31)21(13-19-8-11-22-23(14-19)33-16-32-22)27-26(29)34-15-24(30)28-12-4-3-5-18(28)2/h6-11,13-14,18H,3-5,12,15-16H2,1-2H3/b21-13+/t18-/m1/s1. The summed E-state index contributed by atoms with van der Waals surface area (Å²) >= 11 is 1.31. The van der Waals surface area contributed by atoms with E-state index >= 15 is 0 Å². The number of aliphatic imine (C=N–C) groups is 1. The van der Waals surface area contributed by atoms with Crippen molar-refractivity contribution < 1.29 is 19.1 Å². The van der Waals surface area contributed by atoms with E-state index in [1.807, 2.05) is 54.3 Å². The van der Waals surface area contributed by atoms with Gasteiger partial charge in [-0.25, -0.2) is 4.99 Å². The Kier molecular flexibility index (Phi) is 6.32. The predicted octanol–water partition coefficient (Wildman–Crippen LogP) is 4.60. The molecule has 0 radical (unpaired) electrons. The van der Waals surface area contributed by atoms with Crippen LogP contribution in [0.15, 0.2) is 53.2 Å². The molecule has 2 aromatic rings. The molecule has 3 aliphatic heterocycles. The summed E-state index contributed by atoms with van der Waals surface area (Å²) in [5, 5.41) is 0.513. The molecule has 0 N–H and O–H groups in total. The normalized spacial score (nSPS) is 20.8. The molecule has 176 valence electrons. The molecule has 7 nitrogen and oxygen atoms in total. The Morgan fingerprint density at radius 1 is 1.15 bits per heavy atom. The van der Waals surface area contributed by atoms with E-state index in [1.165, 1.54) is 11.8 Å². The first-order valence-corrected chi connectivity index (χ1v) is 12.5. The summed E-state index contributed by atoms with van der Waals surface area (Å²) in [5.74, 6) is 1.45. The molecule has 3 heterocycles. The summed E-state index contributed by atoms with van der Waals surface area (Å²) in [7, 11) is 0. The number of carbonyl (C=O) groups excluding carboxylic acids is 2. The van der Waals surface area contributed by atoms with Crippen molar-refractivity contribution in [1.82, 2.24) is 4.90 Å². The Balaban J connectivity index is 1.41. The van der Waals surface area contributed by atoms with Crippen molar-refractivity contribution in [3.8, 4) is 11.5 Å². The molecule has 8 heteroatoms. The van der Waals surface area contributed by atoms with Gasteiger partial charge in [-0.15, -0.1) is 0 Å². The first kappa shape index (κ1) is 22.5. The zero-order valence-corrected chi connectivity index (χ0v) is 20.1. The third kappa shape index (κ3) is 4.55. The molecule has 0 bridgehead atoms. The number of fused-ring (bicyclic) bond motifs is 1. The number of piperidine rings is 1. The summed E-state index contributed by atoms with van der Waals surface area (Å²) in [6, 6.07) is 13.5. The van der Waals surface area contributed by atoms with Gasteiger partial charge in [0.2, 0.25) is 12.7 Å². The van der Waals surface area contributed by atoms with Gasteiger partial charge in [0.15, 0.2) is 16.7 Å². The lowest BCUT2D eigenvalue weighted by molar-refractivity contribution is -0.131. The molecule has 0 saturated carbocycles. The van der Waals surface area contributed by atoms with Crippen LogP contribution in [-0.4, -0.2) is 47.0 Å². The molecule has 0 aromatic heterocycles. The van der Waals surface area contributed by atoms with Crippen molar-refractivity contribution in [2.24, 2.45) is 4.99 Å². The molecule has 1 saturated heterocycles. The number of rotatable bonds is 4. The first-order valence-electron chi connectivity index (χ1n) is 11.5. The molecule has 5 rings (SSSR count). The van der Waals surface area contributed by atoms with Crippen LogP contribution < -0.4 is 14.4 Å². The van der Waals surface area contributed by atoms with E-state index in [2.05, 4.69) is 11.9 Å². The van der Waals surface area contributed by atoms with Crippen LogP contribution >= 0.6 is 11.8 Å². The van der Waals surface area contributed by atoms with Gasteiger partial charge >= 0.3 is 0 Å². The van der Waals surface area contributed by atoms with Gasteiger partial charge in [0.25, 0.3) is 5.91 Å². The van der Waals surface area contributed by atoms with Gasteiger partial charge in [-0.3, -0.25) is 14.5 Å². The van der Waals surface area contributed by atoms with Crippen LogP contribution in [0, 0.1) is 6.92 Å². The van der Waals surface area contributed by atoms with Crippen LogP contribution in [0.5, 0.6) is 11.5 Å². The number of hydrogen-bond acceptors (Lipinski definition) is 6. The monoisotopic (exact) mass is 477 g/mol. The fourth-order valence-electron chi connectivity index (χ4n) is 4.35. The van der Waals surface area contributed by atoms with Crippen molar-refractivity contribution in [1.29, 1.82) is 0 Å². The number of nitrogens with zero attached hydrogens (tertiary/aromatic N) is 3. The predicted molar refractivity (Wildman–Crippen MR) is 134 cm³/mol. The zero-order valence-electron chi connectivity index (χ0n) is 19.3. The lowest BCUT2D eigenvalue weighted by atomic mass is 10.0. The number of carbonyl (C=O) groups is 2. The number of anilines is 1. The Morgan fingerprint density at radius 2 is 1.94 bits per heavy atom. The van der Waals surface area contributed by atoms with Crippen molar-refractivity contribution in [3.05, 3.63) is 59.3 Å². The van der Waals surface area contributed by atoms with Crippen LogP contribution in [0.3, 0.4) is 0 Å². The quantitative estimate of drug-likeness (QED) is 0.602. The average molecular weight is 478 g/mol. The number of aryl methyl sites for hydroxylation is 1. The number of ether oxygens (including phenoxy) is 2. The topological polar surface area (TPSA) is 71.4 Å². The highest BCUT2D eigenvalue weighted by atomic mass is 32.2. The molecule has 0 spiro atoms. The third-order valence-electron chi connectivity index (χ3n) is 6.27. The summed E-state index contributed by atoms with van der Waals surface area (Å²) in [5.41, 5.74) is 2.95.